The minimum absolute atomic E-state index is 0.210. The molecule has 2 aromatic heterocycles. The van der Waals surface area contributed by atoms with Gasteiger partial charge in [0.1, 0.15) is 17.8 Å². The first kappa shape index (κ1) is 18.6. The molecule has 8 nitrogen and oxygen atoms in total. The van der Waals surface area contributed by atoms with Gasteiger partial charge in [-0.05, 0) is 60.7 Å². The van der Waals surface area contributed by atoms with E-state index in [9.17, 15) is 4.79 Å². The standard InChI is InChI=1S/C23H17N5O3/c1-30-17-10-6-15(7-11-17)22(29)25-16-8-12-18(13-9-16)31-23-21-27-24-14-28(21)20-5-3-2-4-19(20)26-23/h2-14H,1H3,(H,25,29). The van der Waals surface area contributed by atoms with Gasteiger partial charge in [-0.1, -0.05) is 12.1 Å². The van der Waals surface area contributed by atoms with Crippen molar-refractivity contribution in [1.29, 1.82) is 0 Å². The molecule has 1 N–H and O–H groups in total. The van der Waals surface area contributed by atoms with Crippen molar-refractivity contribution in [1.82, 2.24) is 19.6 Å². The maximum atomic E-state index is 12.4. The summed E-state index contributed by atoms with van der Waals surface area (Å²) in [6.45, 7) is 0. The summed E-state index contributed by atoms with van der Waals surface area (Å²) in [6, 6.07) is 21.6. The molecule has 0 spiro atoms. The number of anilines is 1. The van der Waals surface area contributed by atoms with Gasteiger partial charge in [-0.25, -0.2) is 4.98 Å². The molecule has 0 fully saturated rings. The minimum Gasteiger partial charge on any atom is -0.497 e. The highest BCUT2D eigenvalue weighted by Gasteiger charge is 2.12. The molecule has 0 aliphatic carbocycles. The predicted octanol–water partition coefficient (Wildman–Crippen LogP) is 4.33. The fourth-order valence-electron chi connectivity index (χ4n) is 3.21. The number of para-hydroxylation sites is 2. The molecule has 0 saturated carbocycles. The van der Waals surface area contributed by atoms with Crippen molar-refractivity contribution in [3.05, 3.63) is 84.7 Å². The van der Waals surface area contributed by atoms with E-state index < -0.39 is 0 Å². The maximum absolute atomic E-state index is 12.4. The number of ether oxygens (including phenoxy) is 2. The van der Waals surface area contributed by atoms with Gasteiger partial charge in [-0.3, -0.25) is 9.20 Å². The van der Waals surface area contributed by atoms with Crippen molar-refractivity contribution in [3.8, 4) is 17.4 Å². The zero-order chi connectivity index (χ0) is 21.2. The Labute approximate surface area is 177 Å². The van der Waals surface area contributed by atoms with Gasteiger partial charge in [0, 0.05) is 11.3 Å². The number of fused-ring (bicyclic) bond motifs is 3. The highest BCUT2D eigenvalue weighted by atomic mass is 16.5. The molecule has 0 aliphatic heterocycles. The first-order chi connectivity index (χ1) is 15.2. The van der Waals surface area contributed by atoms with Crippen molar-refractivity contribution in [2.75, 3.05) is 12.4 Å². The lowest BCUT2D eigenvalue weighted by atomic mass is 10.2. The van der Waals surface area contributed by atoms with E-state index in [0.29, 0.717) is 34.3 Å². The molecule has 0 atom stereocenters. The van der Waals surface area contributed by atoms with E-state index in [4.69, 9.17) is 9.47 Å². The third-order valence-electron chi connectivity index (χ3n) is 4.78. The second kappa shape index (κ2) is 7.75. The molecular formula is C23H17N5O3. The summed E-state index contributed by atoms with van der Waals surface area (Å²) in [5.74, 6) is 1.40. The van der Waals surface area contributed by atoms with Gasteiger partial charge >= 0.3 is 0 Å². The van der Waals surface area contributed by atoms with Gasteiger partial charge in [0.15, 0.2) is 0 Å². The Hall–Kier alpha value is -4.46. The van der Waals surface area contributed by atoms with Gasteiger partial charge in [-0.2, -0.15) is 0 Å². The quantitative estimate of drug-likeness (QED) is 0.463. The number of nitrogens with one attached hydrogen (secondary N) is 1. The van der Waals surface area contributed by atoms with Crippen LogP contribution in [-0.4, -0.2) is 32.6 Å². The summed E-state index contributed by atoms with van der Waals surface area (Å²) >= 11 is 0. The second-order valence-electron chi connectivity index (χ2n) is 6.74. The van der Waals surface area contributed by atoms with Crippen LogP contribution in [0.3, 0.4) is 0 Å². The number of aromatic nitrogens is 4. The number of carbonyl (C=O) groups is 1. The number of carbonyl (C=O) groups excluding carboxylic acids is 1. The number of rotatable bonds is 5. The van der Waals surface area contributed by atoms with Gasteiger partial charge in [-0.15, -0.1) is 10.2 Å². The summed E-state index contributed by atoms with van der Waals surface area (Å²) in [5, 5.41) is 11.0. The fourth-order valence-corrected chi connectivity index (χ4v) is 3.21. The van der Waals surface area contributed by atoms with Crippen LogP contribution in [0, 0.1) is 0 Å². The van der Waals surface area contributed by atoms with Crippen molar-refractivity contribution in [2.24, 2.45) is 0 Å². The smallest absolute Gasteiger partial charge is 0.266 e. The normalized spacial score (nSPS) is 10.9. The molecule has 0 unspecified atom stereocenters. The first-order valence-corrected chi connectivity index (χ1v) is 9.53. The molecule has 0 saturated heterocycles. The zero-order valence-corrected chi connectivity index (χ0v) is 16.5. The molecule has 1 amide bonds. The first-order valence-electron chi connectivity index (χ1n) is 9.53. The summed E-state index contributed by atoms with van der Waals surface area (Å²) < 4.78 is 12.9. The Kier molecular flexibility index (Phi) is 4.64. The van der Waals surface area contributed by atoms with Crippen LogP contribution >= 0.6 is 0 Å². The fraction of sp³-hybridized carbons (Fsp3) is 0.0435. The third kappa shape index (κ3) is 3.62. The molecule has 8 heteroatoms. The average Bonchev–Trinajstić information content (AvgIpc) is 3.31. The molecule has 3 aromatic carbocycles. The molecule has 2 heterocycles. The van der Waals surface area contributed by atoms with E-state index >= 15 is 0 Å². The summed E-state index contributed by atoms with van der Waals surface area (Å²) in [6.07, 6.45) is 1.63. The number of benzene rings is 3. The van der Waals surface area contributed by atoms with E-state index in [2.05, 4.69) is 20.5 Å². The average molecular weight is 411 g/mol. The lowest BCUT2D eigenvalue weighted by Gasteiger charge is -2.09. The van der Waals surface area contributed by atoms with E-state index in [0.717, 1.165) is 11.0 Å². The Morgan fingerprint density at radius 3 is 2.45 bits per heavy atom. The molecule has 5 rings (SSSR count). The highest BCUT2D eigenvalue weighted by Crippen LogP contribution is 2.27. The molecule has 31 heavy (non-hydrogen) atoms. The Morgan fingerprint density at radius 1 is 0.935 bits per heavy atom. The number of hydrogen-bond donors (Lipinski definition) is 1. The zero-order valence-electron chi connectivity index (χ0n) is 16.5. The number of methoxy groups -OCH3 is 1. The number of amides is 1. The third-order valence-corrected chi connectivity index (χ3v) is 4.78. The molecular weight excluding hydrogens is 394 g/mol. The van der Waals surface area contributed by atoms with Crippen LogP contribution in [0.2, 0.25) is 0 Å². The van der Waals surface area contributed by atoms with Gasteiger partial charge in [0.05, 0.1) is 18.1 Å². The van der Waals surface area contributed by atoms with Crippen LogP contribution < -0.4 is 14.8 Å². The summed E-state index contributed by atoms with van der Waals surface area (Å²) in [7, 11) is 1.58. The van der Waals surface area contributed by atoms with E-state index in [-0.39, 0.29) is 5.91 Å². The van der Waals surface area contributed by atoms with Crippen molar-refractivity contribution >= 4 is 28.3 Å². The Morgan fingerprint density at radius 2 is 1.68 bits per heavy atom. The van der Waals surface area contributed by atoms with E-state index in [1.165, 1.54) is 0 Å². The van der Waals surface area contributed by atoms with Crippen LogP contribution in [0.25, 0.3) is 16.7 Å². The maximum Gasteiger partial charge on any atom is 0.266 e. The Balaban J connectivity index is 1.35. The van der Waals surface area contributed by atoms with Crippen LogP contribution in [0.1, 0.15) is 10.4 Å². The highest BCUT2D eigenvalue weighted by molar-refractivity contribution is 6.04. The van der Waals surface area contributed by atoms with Crippen LogP contribution in [0.4, 0.5) is 5.69 Å². The number of nitrogens with zero attached hydrogens (tertiary/aromatic N) is 4. The molecule has 5 aromatic rings. The van der Waals surface area contributed by atoms with Crippen LogP contribution in [-0.2, 0) is 0 Å². The van der Waals surface area contributed by atoms with Crippen LogP contribution in [0.5, 0.6) is 17.4 Å². The lowest BCUT2D eigenvalue weighted by molar-refractivity contribution is 0.102. The minimum atomic E-state index is -0.210. The Bertz CT molecular complexity index is 1380. The van der Waals surface area contributed by atoms with Gasteiger partial charge < -0.3 is 14.8 Å². The van der Waals surface area contributed by atoms with Crippen molar-refractivity contribution in [3.63, 3.8) is 0 Å². The van der Waals surface area contributed by atoms with Crippen molar-refractivity contribution < 1.29 is 14.3 Å². The SMILES string of the molecule is COc1ccc(C(=O)Nc2ccc(Oc3nc4ccccc4n4cnnc34)cc2)cc1. The lowest BCUT2D eigenvalue weighted by Crippen LogP contribution is -2.11. The largest absolute Gasteiger partial charge is 0.497 e. The number of hydrogen-bond acceptors (Lipinski definition) is 6. The van der Waals surface area contributed by atoms with Crippen molar-refractivity contribution in [2.45, 2.75) is 0 Å². The summed E-state index contributed by atoms with van der Waals surface area (Å²) in [5.41, 5.74) is 3.37. The van der Waals surface area contributed by atoms with Crippen LogP contribution in [0.15, 0.2) is 79.1 Å². The molecule has 0 aliphatic rings. The second-order valence-corrected chi connectivity index (χ2v) is 6.74. The molecule has 0 bridgehead atoms. The molecule has 0 radical (unpaired) electrons. The van der Waals surface area contributed by atoms with Gasteiger partial charge in [0.25, 0.3) is 11.8 Å². The van der Waals surface area contributed by atoms with E-state index in [1.807, 2.05) is 28.7 Å². The predicted molar refractivity (Wildman–Crippen MR) is 116 cm³/mol. The summed E-state index contributed by atoms with van der Waals surface area (Å²) in [4.78, 5) is 17.0. The van der Waals surface area contributed by atoms with Gasteiger partial charge in [0.2, 0.25) is 5.65 Å². The topological polar surface area (TPSA) is 90.6 Å². The molecule has 152 valence electrons. The monoisotopic (exact) mass is 411 g/mol. The van der Waals surface area contributed by atoms with E-state index in [1.54, 1.807) is 62.0 Å².